The third-order valence-corrected chi connectivity index (χ3v) is 6.05. The van der Waals surface area contributed by atoms with Crippen LogP contribution >= 0.6 is 23.2 Å². The highest BCUT2D eigenvalue weighted by atomic mass is 35.5. The predicted octanol–water partition coefficient (Wildman–Crippen LogP) is 3.35. The lowest BCUT2D eigenvalue weighted by atomic mass is 9.91. The van der Waals surface area contributed by atoms with Gasteiger partial charge >= 0.3 is 0 Å². The molecule has 28 heavy (non-hydrogen) atoms. The van der Waals surface area contributed by atoms with Gasteiger partial charge in [-0.15, -0.1) is 0 Å². The number of pyridine rings is 1. The number of primary amides is 1. The molecule has 2 aromatic heterocycles. The van der Waals surface area contributed by atoms with E-state index in [1.807, 2.05) is 6.92 Å². The van der Waals surface area contributed by atoms with Gasteiger partial charge in [-0.05, 0) is 31.9 Å². The minimum atomic E-state index is -0.560. The predicted molar refractivity (Wildman–Crippen MR) is 112 cm³/mol. The van der Waals surface area contributed by atoms with Gasteiger partial charge in [-0.3, -0.25) is 9.89 Å². The van der Waals surface area contributed by atoms with Crippen LogP contribution in [0, 0.1) is 0 Å². The number of nitrogens with zero attached hydrogens (tertiary/aromatic N) is 3. The number of fused-ring (bicyclic) bond motifs is 1. The first-order valence-electron chi connectivity index (χ1n) is 8.94. The van der Waals surface area contributed by atoms with Crippen LogP contribution in [0.15, 0.2) is 24.3 Å². The number of carbonyl (C=O) groups excluding carboxylic acids is 1. The monoisotopic (exact) mass is 418 g/mol. The maximum absolute atomic E-state index is 12.2. The molecule has 3 aromatic rings. The number of H-pyrrole nitrogens is 1. The van der Waals surface area contributed by atoms with Gasteiger partial charge < -0.3 is 16.4 Å². The van der Waals surface area contributed by atoms with Crippen molar-refractivity contribution in [1.29, 1.82) is 0 Å². The van der Waals surface area contributed by atoms with Crippen LogP contribution in [-0.4, -0.2) is 39.7 Å². The first-order valence-corrected chi connectivity index (χ1v) is 9.69. The molecule has 9 heteroatoms. The molecule has 1 aliphatic heterocycles. The topological polar surface area (TPSA) is 114 Å². The molecule has 1 fully saturated rings. The fraction of sp³-hybridized carbons (Fsp3) is 0.316. The van der Waals surface area contributed by atoms with Gasteiger partial charge in [0, 0.05) is 24.2 Å². The largest absolute Gasteiger partial charge is 0.366 e. The fourth-order valence-corrected chi connectivity index (χ4v) is 3.90. The Balaban J connectivity index is 1.84. The lowest BCUT2D eigenvalue weighted by molar-refractivity contribution is 0.100. The highest BCUT2D eigenvalue weighted by Gasteiger charge is 2.28. The molecule has 0 spiro atoms. The number of anilines is 1. The number of nitrogens with one attached hydrogen (secondary N) is 1. The van der Waals surface area contributed by atoms with Crippen molar-refractivity contribution in [1.82, 2.24) is 15.2 Å². The molecule has 0 unspecified atom stereocenters. The van der Waals surface area contributed by atoms with Crippen molar-refractivity contribution < 1.29 is 4.79 Å². The molecule has 1 amide bonds. The molecule has 0 radical (unpaired) electrons. The van der Waals surface area contributed by atoms with E-state index in [1.54, 1.807) is 24.3 Å². The summed E-state index contributed by atoms with van der Waals surface area (Å²) in [7, 11) is 0. The molecule has 0 atom stereocenters. The Morgan fingerprint density at radius 2 is 2.00 bits per heavy atom. The standard InChI is InChI=1S/C19H20Cl2N6O/c1-19(23)5-7-27(8-6-19)13-9-11(17(22)28)14-16(25-26-18(14)24-13)10-3-2-4-12(20)15(10)21/h2-4,9H,5-8,23H2,1H3,(H2,22,28)(H,24,25,26). The quantitative estimate of drug-likeness (QED) is 0.603. The number of aromatic nitrogens is 3. The summed E-state index contributed by atoms with van der Waals surface area (Å²) in [6, 6.07) is 6.98. The van der Waals surface area contributed by atoms with Gasteiger partial charge in [0.2, 0.25) is 5.91 Å². The number of benzene rings is 1. The Labute approximate surface area is 172 Å². The van der Waals surface area contributed by atoms with E-state index < -0.39 is 5.91 Å². The van der Waals surface area contributed by atoms with E-state index in [4.69, 9.17) is 34.7 Å². The third-order valence-electron chi connectivity index (χ3n) is 5.23. The molecule has 0 aliphatic carbocycles. The van der Waals surface area contributed by atoms with Crippen molar-refractivity contribution >= 4 is 46.0 Å². The summed E-state index contributed by atoms with van der Waals surface area (Å²) in [5, 5.41) is 8.54. The Morgan fingerprint density at radius 1 is 1.29 bits per heavy atom. The Kier molecular flexibility index (Phi) is 4.69. The van der Waals surface area contributed by atoms with Crippen LogP contribution in [0.25, 0.3) is 22.3 Å². The lowest BCUT2D eigenvalue weighted by Gasteiger charge is -2.37. The number of nitrogens with two attached hydrogens (primary N) is 2. The van der Waals surface area contributed by atoms with Crippen molar-refractivity contribution in [2.75, 3.05) is 18.0 Å². The van der Waals surface area contributed by atoms with Gasteiger partial charge in [0.25, 0.3) is 0 Å². The number of rotatable bonds is 3. The smallest absolute Gasteiger partial charge is 0.249 e. The number of amides is 1. The Morgan fingerprint density at radius 3 is 2.68 bits per heavy atom. The summed E-state index contributed by atoms with van der Waals surface area (Å²) in [6.45, 7) is 3.55. The lowest BCUT2D eigenvalue weighted by Crippen LogP contribution is -2.48. The van der Waals surface area contributed by atoms with Crippen LogP contribution in [0.2, 0.25) is 10.0 Å². The average Bonchev–Trinajstić information content (AvgIpc) is 3.07. The summed E-state index contributed by atoms with van der Waals surface area (Å²) >= 11 is 12.5. The van der Waals surface area contributed by atoms with Crippen LogP contribution in [-0.2, 0) is 0 Å². The molecule has 3 heterocycles. The van der Waals surface area contributed by atoms with Gasteiger partial charge in [0.1, 0.15) is 5.82 Å². The van der Waals surface area contributed by atoms with Gasteiger partial charge in [0.15, 0.2) is 5.65 Å². The van der Waals surface area contributed by atoms with Crippen molar-refractivity contribution in [3.8, 4) is 11.3 Å². The SMILES string of the molecule is CC1(N)CCN(c2cc(C(N)=O)c3c(-c4cccc(Cl)c4Cl)[nH]nc3n2)CC1. The normalized spacial score (nSPS) is 16.5. The maximum atomic E-state index is 12.2. The van der Waals surface area contributed by atoms with E-state index in [9.17, 15) is 4.79 Å². The summed E-state index contributed by atoms with van der Waals surface area (Å²) in [6.07, 6.45) is 1.67. The molecule has 4 rings (SSSR count). The first kappa shape index (κ1) is 19.0. The highest BCUT2D eigenvalue weighted by molar-refractivity contribution is 6.44. The number of hydrogen-bond acceptors (Lipinski definition) is 5. The number of halogens is 2. The Hall–Kier alpha value is -2.35. The molecule has 1 saturated heterocycles. The van der Waals surface area contributed by atoms with Crippen molar-refractivity contribution in [2.24, 2.45) is 11.5 Å². The molecular weight excluding hydrogens is 399 g/mol. The summed E-state index contributed by atoms with van der Waals surface area (Å²) in [5.74, 6) is 0.0992. The Bertz CT molecular complexity index is 1070. The van der Waals surface area contributed by atoms with Crippen LogP contribution in [0.3, 0.4) is 0 Å². The highest BCUT2D eigenvalue weighted by Crippen LogP contribution is 2.37. The minimum absolute atomic E-state index is 0.185. The second kappa shape index (κ2) is 6.92. The van der Waals surface area contributed by atoms with Gasteiger partial charge in [-0.25, -0.2) is 4.98 Å². The number of hydrogen-bond donors (Lipinski definition) is 3. The van der Waals surface area contributed by atoms with Crippen molar-refractivity contribution in [3.63, 3.8) is 0 Å². The molecule has 1 aromatic carbocycles. The van der Waals surface area contributed by atoms with E-state index in [0.717, 1.165) is 25.9 Å². The average molecular weight is 419 g/mol. The summed E-state index contributed by atoms with van der Waals surface area (Å²) in [5.41, 5.74) is 13.6. The number of piperidine rings is 1. The molecule has 1 aliphatic rings. The van der Waals surface area contributed by atoms with Crippen LogP contribution < -0.4 is 16.4 Å². The molecule has 146 valence electrons. The zero-order valence-corrected chi connectivity index (χ0v) is 16.8. The van der Waals surface area contributed by atoms with Gasteiger partial charge in [0.05, 0.1) is 26.7 Å². The minimum Gasteiger partial charge on any atom is -0.366 e. The van der Waals surface area contributed by atoms with Gasteiger partial charge in [-0.2, -0.15) is 5.10 Å². The third kappa shape index (κ3) is 3.30. The second-order valence-corrected chi connectivity index (χ2v) is 8.22. The molecule has 0 saturated carbocycles. The van der Waals surface area contributed by atoms with Crippen LogP contribution in [0.4, 0.5) is 5.82 Å². The van der Waals surface area contributed by atoms with E-state index in [1.165, 1.54) is 0 Å². The number of carbonyl (C=O) groups is 1. The molecule has 5 N–H and O–H groups in total. The zero-order valence-electron chi connectivity index (χ0n) is 15.3. The second-order valence-electron chi connectivity index (χ2n) is 7.43. The van der Waals surface area contributed by atoms with Gasteiger partial charge in [-0.1, -0.05) is 35.3 Å². The summed E-state index contributed by atoms with van der Waals surface area (Å²) in [4.78, 5) is 19.0. The number of aromatic amines is 1. The summed E-state index contributed by atoms with van der Waals surface area (Å²) < 4.78 is 0. The van der Waals surface area contributed by atoms with Crippen molar-refractivity contribution in [3.05, 3.63) is 39.9 Å². The van der Waals surface area contributed by atoms with E-state index in [2.05, 4.69) is 20.1 Å². The van der Waals surface area contributed by atoms with E-state index >= 15 is 0 Å². The molecule has 7 nitrogen and oxygen atoms in total. The van der Waals surface area contributed by atoms with E-state index in [0.29, 0.717) is 43.7 Å². The molecular formula is C19H20Cl2N6O. The van der Waals surface area contributed by atoms with E-state index in [-0.39, 0.29) is 5.54 Å². The van der Waals surface area contributed by atoms with Crippen molar-refractivity contribution in [2.45, 2.75) is 25.3 Å². The fourth-order valence-electron chi connectivity index (χ4n) is 3.51. The molecule has 0 bridgehead atoms. The van der Waals surface area contributed by atoms with Crippen LogP contribution in [0.5, 0.6) is 0 Å². The van der Waals surface area contributed by atoms with Crippen LogP contribution in [0.1, 0.15) is 30.1 Å². The zero-order chi connectivity index (χ0) is 20.1. The maximum Gasteiger partial charge on any atom is 0.249 e. The first-order chi connectivity index (χ1) is 13.3.